The summed E-state index contributed by atoms with van der Waals surface area (Å²) in [5, 5.41) is 0. The molecule has 3 rings (SSSR count). The van der Waals surface area contributed by atoms with Gasteiger partial charge in [-0.3, -0.25) is 0 Å². The topological polar surface area (TPSA) is 21.6 Å². The minimum atomic E-state index is -0.314. The highest BCUT2D eigenvalue weighted by molar-refractivity contribution is 6.04. The van der Waals surface area contributed by atoms with Gasteiger partial charge in [0.2, 0.25) is 0 Å². The van der Waals surface area contributed by atoms with Gasteiger partial charge in [0.1, 0.15) is 23.9 Å². The molecule has 0 radical (unpaired) electrons. The summed E-state index contributed by atoms with van der Waals surface area (Å²) >= 11 is 0. The number of aliphatic imine (C=N–C) groups is 1. The smallest absolute Gasteiger partial charge is 0.148 e. The Morgan fingerprint density at radius 1 is 1.19 bits per heavy atom. The lowest BCUT2D eigenvalue weighted by Gasteiger charge is -2.17. The van der Waals surface area contributed by atoms with E-state index in [0.29, 0.717) is 18.0 Å². The number of hydrogen-bond donors (Lipinski definition) is 0. The Morgan fingerprint density at radius 2 is 2.00 bits per heavy atom. The molecule has 0 N–H and O–H groups in total. The van der Waals surface area contributed by atoms with Crippen molar-refractivity contribution in [2.75, 3.05) is 6.61 Å². The molecule has 3 heteroatoms. The lowest BCUT2D eigenvalue weighted by atomic mass is 10.1. The Hall–Kier alpha value is -2.60. The summed E-state index contributed by atoms with van der Waals surface area (Å²) in [6.45, 7) is 2.37. The lowest BCUT2D eigenvalue weighted by molar-refractivity contribution is 0.370. The zero-order valence-electron chi connectivity index (χ0n) is 11.7. The molecule has 2 aromatic rings. The summed E-state index contributed by atoms with van der Waals surface area (Å²) in [4.78, 5) is 4.54. The van der Waals surface area contributed by atoms with E-state index in [1.54, 1.807) is 6.07 Å². The summed E-state index contributed by atoms with van der Waals surface area (Å²) in [6.07, 6.45) is 0.843. The summed E-state index contributed by atoms with van der Waals surface area (Å²) in [7, 11) is 0. The van der Waals surface area contributed by atoms with Gasteiger partial charge in [-0.1, -0.05) is 30.9 Å². The zero-order valence-corrected chi connectivity index (χ0v) is 11.7. The van der Waals surface area contributed by atoms with Gasteiger partial charge in [0.15, 0.2) is 0 Å². The van der Waals surface area contributed by atoms with Gasteiger partial charge in [-0.25, -0.2) is 9.38 Å². The van der Waals surface area contributed by atoms with Crippen LogP contribution in [0.25, 0.3) is 0 Å². The molecule has 0 spiro atoms. The van der Waals surface area contributed by atoms with Crippen molar-refractivity contribution in [3.63, 3.8) is 0 Å². The highest BCUT2D eigenvalue weighted by Crippen LogP contribution is 2.32. The molecule has 104 valence electrons. The summed E-state index contributed by atoms with van der Waals surface area (Å²) in [6, 6.07) is 12.3. The third-order valence-corrected chi connectivity index (χ3v) is 3.17. The van der Waals surface area contributed by atoms with Crippen molar-refractivity contribution in [1.29, 1.82) is 0 Å². The van der Waals surface area contributed by atoms with Crippen LogP contribution in [0.15, 0.2) is 47.5 Å². The van der Waals surface area contributed by atoms with E-state index in [-0.39, 0.29) is 5.82 Å². The Kier molecular flexibility index (Phi) is 3.70. The average molecular weight is 279 g/mol. The van der Waals surface area contributed by atoms with E-state index in [4.69, 9.17) is 4.74 Å². The van der Waals surface area contributed by atoms with Gasteiger partial charge in [0.25, 0.3) is 0 Å². The predicted molar refractivity (Wildman–Crippen MR) is 81.7 cm³/mol. The standard InChI is InChI=1S/C18H14FNO/c1-2-3-4-13-5-7-14(8-6-13)17-12-21-18-11-15(19)9-10-16(18)20-17/h5-11H,2,12H2,1H3. The van der Waals surface area contributed by atoms with Gasteiger partial charge in [-0.05, 0) is 29.8 Å². The Balaban J connectivity index is 1.89. The Bertz CT molecular complexity index is 751. The monoisotopic (exact) mass is 279 g/mol. The molecule has 0 bridgehead atoms. The van der Waals surface area contributed by atoms with E-state index in [1.807, 2.05) is 31.2 Å². The largest absolute Gasteiger partial charge is 0.485 e. The average Bonchev–Trinajstić information content (AvgIpc) is 2.53. The number of rotatable bonds is 1. The van der Waals surface area contributed by atoms with Crippen molar-refractivity contribution in [2.45, 2.75) is 13.3 Å². The van der Waals surface area contributed by atoms with Crippen LogP contribution in [0.1, 0.15) is 24.5 Å². The fourth-order valence-corrected chi connectivity index (χ4v) is 2.10. The van der Waals surface area contributed by atoms with Crippen LogP contribution in [0, 0.1) is 17.7 Å². The third-order valence-electron chi connectivity index (χ3n) is 3.17. The van der Waals surface area contributed by atoms with Gasteiger partial charge in [0.05, 0.1) is 5.71 Å². The summed E-state index contributed by atoms with van der Waals surface area (Å²) < 4.78 is 18.7. The molecular weight excluding hydrogens is 265 g/mol. The van der Waals surface area contributed by atoms with Gasteiger partial charge in [0, 0.05) is 18.1 Å². The second-order valence-electron chi connectivity index (χ2n) is 4.69. The molecule has 1 aliphatic heterocycles. The van der Waals surface area contributed by atoms with Gasteiger partial charge in [-0.15, -0.1) is 0 Å². The first-order chi connectivity index (χ1) is 10.3. The first-order valence-corrected chi connectivity index (χ1v) is 6.85. The number of ether oxygens (including phenoxy) is 1. The maximum atomic E-state index is 13.1. The van der Waals surface area contributed by atoms with Gasteiger partial charge in [-0.2, -0.15) is 0 Å². The maximum Gasteiger partial charge on any atom is 0.148 e. The van der Waals surface area contributed by atoms with E-state index in [9.17, 15) is 4.39 Å². The van der Waals surface area contributed by atoms with E-state index in [1.165, 1.54) is 12.1 Å². The summed E-state index contributed by atoms with van der Waals surface area (Å²) in [5.74, 6) is 6.30. The molecule has 0 saturated heterocycles. The van der Waals surface area contributed by atoms with E-state index in [2.05, 4.69) is 16.8 Å². The molecule has 0 aromatic heterocycles. The summed E-state index contributed by atoms with van der Waals surface area (Å²) in [5.41, 5.74) is 3.48. The number of nitrogens with zero attached hydrogens (tertiary/aromatic N) is 1. The van der Waals surface area contributed by atoms with Crippen molar-refractivity contribution < 1.29 is 9.13 Å². The van der Waals surface area contributed by atoms with Crippen molar-refractivity contribution in [2.24, 2.45) is 4.99 Å². The highest BCUT2D eigenvalue weighted by Gasteiger charge is 2.15. The molecule has 1 heterocycles. The lowest BCUT2D eigenvalue weighted by Crippen LogP contribution is -2.16. The third kappa shape index (κ3) is 2.95. The second-order valence-corrected chi connectivity index (χ2v) is 4.69. The Morgan fingerprint density at radius 3 is 2.76 bits per heavy atom. The zero-order chi connectivity index (χ0) is 14.7. The van der Waals surface area contributed by atoms with E-state index in [0.717, 1.165) is 23.3 Å². The minimum absolute atomic E-state index is 0.314. The van der Waals surface area contributed by atoms with Gasteiger partial charge >= 0.3 is 0 Å². The fraction of sp³-hybridized carbons (Fsp3) is 0.167. The van der Waals surface area contributed by atoms with Crippen molar-refractivity contribution in [3.8, 4) is 17.6 Å². The Labute approximate surface area is 123 Å². The first-order valence-electron chi connectivity index (χ1n) is 6.85. The SMILES string of the molecule is CCC#Cc1ccc(C2=Nc3ccc(F)cc3OC2)cc1. The molecule has 0 fully saturated rings. The van der Waals surface area contributed by atoms with Crippen LogP contribution in [-0.2, 0) is 0 Å². The highest BCUT2D eigenvalue weighted by atomic mass is 19.1. The quantitative estimate of drug-likeness (QED) is 0.720. The fourth-order valence-electron chi connectivity index (χ4n) is 2.10. The van der Waals surface area contributed by atoms with Crippen LogP contribution in [0.4, 0.5) is 10.1 Å². The van der Waals surface area contributed by atoms with E-state index >= 15 is 0 Å². The normalized spacial score (nSPS) is 12.6. The van der Waals surface area contributed by atoms with Gasteiger partial charge < -0.3 is 4.74 Å². The molecule has 0 aliphatic carbocycles. The number of benzene rings is 2. The number of hydrogen-bond acceptors (Lipinski definition) is 2. The number of fused-ring (bicyclic) bond motifs is 1. The van der Waals surface area contributed by atoms with Crippen molar-refractivity contribution in [1.82, 2.24) is 0 Å². The van der Waals surface area contributed by atoms with Crippen LogP contribution in [0.3, 0.4) is 0 Å². The molecule has 0 unspecified atom stereocenters. The van der Waals surface area contributed by atoms with Crippen molar-refractivity contribution >= 4 is 11.4 Å². The maximum absolute atomic E-state index is 13.1. The molecule has 1 aliphatic rings. The molecule has 2 nitrogen and oxygen atoms in total. The molecule has 0 amide bonds. The molecule has 0 atom stereocenters. The first kappa shape index (κ1) is 13.4. The molecule has 0 saturated carbocycles. The molecule has 21 heavy (non-hydrogen) atoms. The second kappa shape index (κ2) is 5.80. The van der Waals surface area contributed by atoms with E-state index < -0.39 is 0 Å². The van der Waals surface area contributed by atoms with Crippen LogP contribution in [0.5, 0.6) is 5.75 Å². The number of halogens is 1. The van der Waals surface area contributed by atoms with Crippen molar-refractivity contribution in [3.05, 3.63) is 59.4 Å². The molecule has 2 aromatic carbocycles. The van der Waals surface area contributed by atoms with Crippen LogP contribution >= 0.6 is 0 Å². The van der Waals surface area contributed by atoms with Crippen LogP contribution in [-0.4, -0.2) is 12.3 Å². The predicted octanol–water partition coefficient (Wildman–Crippen LogP) is 4.10. The van der Waals surface area contributed by atoms with Crippen LogP contribution in [0.2, 0.25) is 0 Å². The minimum Gasteiger partial charge on any atom is -0.485 e. The van der Waals surface area contributed by atoms with Crippen LogP contribution < -0.4 is 4.74 Å². The molecular formula is C18H14FNO.